The van der Waals surface area contributed by atoms with Crippen molar-refractivity contribution < 1.29 is 9.53 Å². The monoisotopic (exact) mass is 280 g/mol. The third-order valence-electron chi connectivity index (χ3n) is 2.37. The Labute approximate surface area is 118 Å². The van der Waals surface area contributed by atoms with E-state index in [1.807, 2.05) is 0 Å². The van der Waals surface area contributed by atoms with E-state index in [1.54, 1.807) is 25.3 Å². The summed E-state index contributed by atoms with van der Waals surface area (Å²) in [5.74, 6) is 5.41. The van der Waals surface area contributed by atoms with Crippen LogP contribution in [0, 0.1) is 11.8 Å². The van der Waals surface area contributed by atoms with Crippen molar-refractivity contribution in [3.63, 3.8) is 0 Å². The van der Waals surface area contributed by atoms with Crippen molar-refractivity contribution >= 4 is 17.5 Å². The molecule has 0 aromatic heterocycles. The lowest BCUT2D eigenvalue weighted by Crippen LogP contribution is -2.25. The van der Waals surface area contributed by atoms with Gasteiger partial charge in [-0.2, -0.15) is 0 Å². The van der Waals surface area contributed by atoms with Crippen molar-refractivity contribution in [1.82, 2.24) is 5.32 Å². The first-order valence-corrected chi connectivity index (χ1v) is 6.32. The van der Waals surface area contributed by atoms with E-state index in [0.29, 0.717) is 29.3 Å². The number of methoxy groups -OCH3 is 1. The number of ether oxygens (including phenoxy) is 1. The lowest BCUT2D eigenvalue weighted by molar-refractivity contribution is 0.0948. The molecule has 0 fully saturated rings. The molecule has 102 valence electrons. The zero-order chi connectivity index (χ0) is 14.1. The molecule has 19 heavy (non-hydrogen) atoms. The minimum Gasteiger partial charge on any atom is -0.385 e. The first kappa shape index (κ1) is 15.5. The minimum atomic E-state index is -0.156. The van der Waals surface area contributed by atoms with E-state index in [2.05, 4.69) is 17.2 Å². The van der Waals surface area contributed by atoms with Crippen LogP contribution in [-0.2, 0) is 4.74 Å². The minimum absolute atomic E-state index is 0.156. The summed E-state index contributed by atoms with van der Waals surface area (Å²) in [5.41, 5.74) is 6.48. The van der Waals surface area contributed by atoms with Gasteiger partial charge >= 0.3 is 0 Å². The standard InChI is InChI=1S/C14H17ClN2O2/c1-19-9-3-8-17-14(18)12-6-5-11(4-2-7-16)13(15)10-12/h5-6,10H,3,7-9,16H2,1H3,(H,17,18). The summed E-state index contributed by atoms with van der Waals surface area (Å²) in [5, 5.41) is 3.24. The number of carbonyl (C=O) groups excluding carboxylic acids is 1. The highest BCUT2D eigenvalue weighted by molar-refractivity contribution is 6.32. The zero-order valence-electron chi connectivity index (χ0n) is 10.8. The molecule has 1 aromatic rings. The van der Waals surface area contributed by atoms with Crippen LogP contribution in [0.4, 0.5) is 0 Å². The molecule has 0 aliphatic carbocycles. The fourth-order valence-corrected chi connectivity index (χ4v) is 1.65. The number of hydrogen-bond donors (Lipinski definition) is 2. The second-order valence-corrected chi connectivity index (χ2v) is 4.21. The fourth-order valence-electron chi connectivity index (χ4n) is 1.42. The second kappa shape index (κ2) is 8.54. The van der Waals surface area contributed by atoms with Crippen LogP contribution < -0.4 is 11.1 Å². The smallest absolute Gasteiger partial charge is 0.251 e. The first-order valence-electron chi connectivity index (χ1n) is 5.94. The summed E-state index contributed by atoms with van der Waals surface area (Å²) in [6.07, 6.45) is 0.774. The van der Waals surface area contributed by atoms with Gasteiger partial charge in [0.25, 0.3) is 5.91 Å². The lowest BCUT2D eigenvalue weighted by atomic mass is 10.1. The topological polar surface area (TPSA) is 64.3 Å². The molecular weight excluding hydrogens is 264 g/mol. The Hall–Kier alpha value is -1.54. The number of hydrogen-bond acceptors (Lipinski definition) is 3. The molecule has 0 spiro atoms. The van der Waals surface area contributed by atoms with Crippen LogP contribution in [0.5, 0.6) is 0 Å². The molecular formula is C14H17ClN2O2. The molecule has 0 saturated carbocycles. The van der Waals surface area contributed by atoms with E-state index in [0.717, 1.165) is 6.42 Å². The fraction of sp³-hybridized carbons (Fsp3) is 0.357. The maximum atomic E-state index is 11.8. The van der Waals surface area contributed by atoms with Gasteiger partial charge in [0.1, 0.15) is 0 Å². The highest BCUT2D eigenvalue weighted by atomic mass is 35.5. The van der Waals surface area contributed by atoms with Crippen molar-refractivity contribution in [2.24, 2.45) is 5.73 Å². The van der Waals surface area contributed by atoms with E-state index in [-0.39, 0.29) is 12.5 Å². The Morgan fingerprint density at radius 1 is 1.53 bits per heavy atom. The third kappa shape index (κ3) is 5.31. The van der Waals surface area contributed by atoms with Gasteiger partial charge in [0.2, 0.25) is 0 Å². The lowest BCUT2D eigenvalue weighted by Gasteiger charge is -2.06. The van der Waals surface area contributed by atoms with Gasteiger partial charge in [0, 0.05) is 31.4 Å². The predicted octanol–water partition coefficient (Wildman–Crippen LogP) is 1.42. The van der Waals surface area contributed by atoms with E-state index >= 15 is 0 Å². The number of carbonyl (C=O) groups is 1. The predicted molar refractivity (Wildman–Crippen MR) is 76.2 cm³/mol. The van der Waals surface area contributed by atoms with Crippen molar-refractivity contribution in [1.29, 1.82) is 0 Å². The SMILES string of the molecule is COCCCNC(=O)c1ccc(C#CCN)c(Cl)c1. The van der Waals surface area contributed by atoms with Crippen LogP contribution in [0.25, 0.3) is 0 Å². The summed E-state index contributed by atoms with van der Waals surface area (Å²) < 4.78 is 4.90. The molecule has 0 unspecified atom stereocenters. The number of benzene rings is 1. The summed E-state index contributed by atoms with van der Waals surface area (Å²) in [4.78, 5) is 11.8. The van der Waals surface area contributed by atoms with Crippen LogP contribution in [0.15, 0.2) is 18.2 Å². The number of rotatable bonds is 5. The molecule has 0 radical (unpaired) electrons. The second-order valence-electron chi connectivity index (χ2n) is 3.80. The maximum Gasteiger partial charge on any atom is 0.251 e. The number of nitrogens with two attached hydrogens (primary N) is 1. The van der Waals surface area contributed by atoms with Crippen LogP contribution in [0.3, 0.4) is 0 Å². The molecule has 0 saturated heterocycles. The Kier molecular flexibility index (Phi) is 6.98. The van der Waals surface area contributed by atoms with Crippen molar-refractivity contribution in [2.75, 3.05) is 26.8 Å². The third-order valence-corrected chi connectivity index (χ3v) is 2.68. The molecule has 1 rings (SSSR count). The van der Waals surface area contributed by atoms with Crippen LogP contribution in [0.2, 0.25) is 5.02 Å². The Morgan fingerprint density at radius 2 is 2.32 bits per heavy atom. The normalized spacial score (nSPS) is 9.63. The quantitative estimate of drug-likeness (QED) is 0.633. The van der Waals surface area contributed by atoms with Gasteiger partial charge < -0.3 is 15.8 Å². The van der Waals surface area contributed by atoms with Crippen molar-refractivity contribution in [2.45, 2.75) is 6.42 Å². The van der Waals surface area contributed by atoms with E-state index < -0.39 is 0 Å². The zero-order valence-corrected chi connectivity index (χ0v) is 11.6. The van der Waals surface area contributed by atoms with Crippen LogP contribution >= 0.6 is 11.6 Å². The van der Waals surface area contributed by atoms with E-state index in [4.69, 9.17) is 22.1 Å². The Balaban J connectivity index is 2.64. The molecule has 4 nitrogen and oxygen atoms in total. The van der Waals surface area contributed by atoms with Gasteiger partial charge in [-0.15, -0.1) is 0 Å². The molecule has 0 heterocycles. The van der Waals surface area contributed by atoms with Gasteiger partial charge in [-0.25, -0.2) is 0 Å². The van der Waals surface area contributed by atoms with E-state index in [9.17, 15) is 4.79 Å². The van der Waals surface area contributed by atoms with Crippen LogP contribution in [0.1, 0.15) is 22.3 Å². The summed E-state index contributed by atoms with van der Waals surface area (Å²) in [6.45, 7) is 1.46. The Morgan fingerprint density at radius 3 is 2.95 bits per heavy atom. The van der Waals surface area contributed by atoms with Gasteiger partial charge in [0.05, 0.1) is 11.6 Å². The average Bonchev–Trinajstić information content (AvgIpc) is 2.42. The molecule has 1 aromatic carbocycles. The van der Waals surface area contributed by atoms with Crippen molar-refractivity contribution in [3.05, 3.63) is 34.3 Å². The molecule has 1 amide bonds. The summed E-state index contributed by atoms with van der Waals surface area (Å²) in [6, 6.07) is 5.01. The van der Waals surface area contributed by atoms with Gasteiger partial charge in [-0.3, -0.25) is 4.79 Å². The highest BCUT2D eigenvalue weighted by Gasteiger charge is 2.07. The number of halogens is 1. The molecule has 0 aliphatic heterocycles. The number of nitrogens with one attached hydrogen (secondary N) is 1. The average molecular weight is 281 g/mol. The van der Waals surface area contributed by atoms with Gasteiger partial charge in [0.15, 0.2) is 0 Å². The molecule has 0 atom stereocenters. The maximum absolute atomic E-state index is 11.8. The molecule has 0 bridgehead atoms. The van der Waals surface area contributed by atoms with E-state index in [1.165, 1.54) is 0 Å². The van der Waals surface area contributed by atoms with Crippen LogP contribution in [-0.4, -0.2) is 32.7 Å². The molecule has 5 heteroatoms. The largest absolute Gasteiger partial charge is 0.385 e. The summed E-state index contributed by atoms with van der Waals surface area (Å²) in [7, 11) is 1.63. The Bertz CT molecular complexity index is 492. The summed E-state index contributed by atoms with van der Waals surface area (Å²) >= 11 is 6.05. The molecule has 3 N–H and O–H groups in total. The first-order chi connectivity index (χ1) is 9.19. The van der Waals surface area contributed by atoms with Gasteiger partial charge in [-0.1, -0.05) is 23.4 Å². The highest BCUT2D eigenvalue weighted by Crippen LogP contribution is 2.16. The molecule has 0 aliphatic rings. The van der Waals surface area contributed by atoms with Crippen molar-refractivity contribution in [3.8, 4) is 11.8 Å². The number of amides is 1. The van der Waals surface area contributed by atoms with Gasteiger partial charge in [-0.05, 0) is 24.6 Å².